The first kappa shape index (κ1) is 14.1. The lowest BCUT2D eigenvalue weighted by Crippen LogP contribution is -2.25. The van der Waals surface area contributed by atoms with E-state index in [2.05, 4.69) is 15.4 Å². The monoisotopic (exact) mass is 295 g/mol. The Labute approximate surface area is 128 Å². The van der Waals surface area contributed by atoms with Crippen molar-refractivity contribution in [2.45, 2.75) is 6.54 Å². The number of hydrogen-bond acceptors (Lipinski definition) is 4. The van der Waals surface area contributed by atoms with E-state index in [4.69, 9.17) is 0 Å². The molecule has 1 N–H and O–H groups in total. The van der Waals surface area contributed by atoms with Crippen molar-refractivity contribution < 1.29 is 4.79 Å². The molecular weight excluding hydrogens is 278 g/mol. The topological polar surface area (TPSA) is 62.5 Å². The Morgan fingerprint density at radius 1 is 1.23 bits per heavy atom. The number of hydrogen-bond donors (Lipinski definition) is 1. The van der Waals surface area contributed by atoms with Crippen molar-refractivity contribution in [3.63, 3.8) is 0 Å². The highest BCUT2D eigenvalue weighted by atomic mass is 16.1. The summed E-state index contributed by atoms with van der Waals surface area (Å²) >= 11 is 0. The van der Waals surface area contributed by atoms with Crippen molar-refractivity contribution in [3.05, 3.63) is 59.9 Å². The van der Waals surface area contributed by atoms with E-state index in [0.29, 0.717) is 17.9 Å². The quantitative estimate of drug-likeness (QED) is 0.796. The van der Waals surface area contributed by atoms with Gasteiger partial charge in [0.2, 0.25) is 0 Å². The summed E-state index contributed by atoms with van der Waals surface area (Å²) in [4.78, 5) is 18.6. The summed E-state index contributed by atoms with van der Waals surface area (Å²) in [5, 5.41) is 7.10. The molecule has 0 spiro atoms. The highest BCUT2D eigenvalue weighted by Crippen LogP contribution is 2.14. The number of benzene rings is 1. The summed E-state index contributed by atoms with van der Waals surface area (Å²) in [6, 6.07) is 13.3. The van der Waals surface area contributed by atoms with Gasteiger partial charge in [0.05, 0.1) is 6.20 Å². The summed E-state index contributed by atoms with van der Waals surface area (Å²) in [5.74, 6) is 0.607. The maximum atomic E-state index is 12.3. The molecule has 2 heterocycles. The van der Waals surface area contributed by atoms with Crippen LogP contribution >= 0.6 is 0 Å². The number of carbonyl (C=O) groups is 1. The first-order valence-corrected chi connectivity index (χ1v) is 6.99. The first-order valence-electron chi connectivity index (χ1n) is 6.99. The third-order valence-electron chi connectivity index (χ3n) is 3.33. The van der Waals surface area contributed by atoms with Crippen molar-refractivity contribution in [3.8, 4) is 0 Å². The van der Waals surface area contributed by atoms with Crippen LogP contribution in [0, 0.1) is 0 Å². The van der Waals surface area contributed by atoms with Crippen LogP contribution in [-0.2, 0) is 6.54 Å². The van der Waals surface area contributed by atoms with E-state index in [1.54, 1.807) is 22.8 Å². The number of aromatic nitrogens is 3. The van der Waals surface area contributed by atoms with Crippen molar-refractivity contribution >= 4 is 17.4 Å². The fraction of sp³-hybridized carbons (Fsp3) is 0.188. The molecule has 0 saturated heterocycles. The van der Waals surface area contributed by atoms with E-state index < -0.39 is 0 Å². The van der Waals surface area contributed by atoms with Gasteiger partial charge in [-0.1, -0.05) is 30.3 Å². The fourth-order valence-corrected chi connectivity index (χ4v) is 2.20. The molecule has 6 heteroatoms. The Balaban J connectivity index is 1.84. The molecule has 1 aromatic carbocycles. The van der Waals surface area contributed by atoms with Crippen LogP contribution in [-0.4, -0.2) is 34.6 Å². The van der Waals surface area contributed by atoms with Crippen LogP contribution in [0.25, 0.3) is 5.65 Å². The van der Waals surface area contributed by atoms with Gasteiger partial charge in [0.15, 0.2) is 5.65 Å². The van der Waals surface area contributed by atoms with Crippen LogP contribution < -0.4 is 10.2 Å². The van der Waals surface area contributed by atoms with Crippen molar-refractivity contribution in [2.24, 2.45) is 0 Å². The van der Waals surface area contributed by atoms with Crippen molar-refractivity contribution in [1.82, 2.24) is 19.9 Å². The number of carbonyl (C=O) groups excluding carboxylic acids is 1. The molecule has 3 aromatic rings. The summed E-state index contributed by atoms with van der Waals surface area (Å²) < 4.78 is 1.70. The lowest BCUT2D eigenvalue weighted by Gasteiger charge is -2.15. The number of nitrogens with zero attached hydrogens (tertiary/aromatic N) is 4. The zero-order valence-electron chi connectivity index (χ0n) is 12.5. The van der Waals surface area contributed by atoms with Crippen LogP contribution in [0.15, 0.2) is 48.7 Å². The molecule has 0 atom stereocenters. The van der Waals surface area contributed by atoms with Gasteiger partial charge >= 0.3 is 0 Å². The van der Waals surface area contributed by atoms with Crippen LogP contribution in [0.1, 0.15) is 16.1 Å². The average Bonchev–Trinajstić information content (AvgIpc) is 3.00. The van der Waals surface area contributed by atoms with Gasteiger partial charge < -0.3 is 10.2 Å². The predicted molar refractivity (Wildman–Crippen MR) is 84.9 cm³/mol. The second-order valence-electron chi connectivity index (χ2n) is 5.16. The lowest BCUT2D eigenvalue weighted by molar-refractivity contribution is 0.0946. The van der Waals surface area contributed by atoms with Gasteiger partial charge in [-0.05, 0) is 5.56 Å². The number of nitrogens with one attached hydrogen (secondary N) is 1. The number of fused-ring (bicyclic) bond motifs is 1. The molecule has 2 aromatic heterocycles. The molecule has 0 bridgehead atoms. The summed E-state index contributed by atoms with van der Waals surface area (Å²) in [6.07, 6.45) is 1.67. The van der Waals surface area contributed by atoms with E-state index in [0.717, 1.165) is 11.4 Å². The Kier molecular flexibility index (Phi) is 3.74. The molecule has 0 aliphatic carbocycles. The predicted octanol–water partition coefficient (Wildman–Crippen LogP) is 1.73. The number of amides is 1. The molecule has 0 unspecified atom stereocenters. The van der Waals surface area contributed by atoms with Crippen LogP contribution in [0.2, 0.25) is 0 Å². The minimum absolute atomic E-state index is 0.198. The van der Waals surface area contributed by atoms with Gasteiger partial charge in [0, 0.05) is 32.8 Å². The number of rotatable bonds is 4. The Hall–Kier alpha value is -2.89. The van der Waals surface area contributed by atoms with Gasteiger partial charge in [-0.15, -0.1) is 0 Å². The van der Waals surface area contributed by atoms with Crippen molar-refractivity contribution in [2.75, 3.05) is 19.0 Å². The summed E-state index contributed by atoms with van der Waals surface area (Å²) in [5.41, 5.74) is 2.08. The largest absolute Gasteiger partial charge is 0.363 e. The minimum atomic E-state index is -0.198. The fourth-order valence-electron chi connectivity index (χ4n) is 2.20. The summed E-state index contributed by atoms with van der Waals surface area (Å²) in [6.45, 7) is 0.475. The van der Waals surface area contributed by atoms with E-state index in [9.17, 15) is 4.79 Å². The first-order chi connectivity index (χ1) is 10.6. The highest BCUT2D eigenvalue weighted by molar-refractivity contribution is 5.93. The average molecular weight is 295 g/mol. The second kappa shape index (κ2) is 5.85. The van der Waals surface area contributed by atoms with E-state index in [1.165, 1.54) is 0 Å². The Morgan fingerprint density at radius 3 is 2.73 bits per heavy atom. The molecule has 0 fully saturated rings. The standard InChI is InChI=1S/C16H17N5O/c1-20(2)15-10-13(19-14-8-9-18-21(14)15)16(22)17-11-12-6-4-3-5-7-12/h3-10H,11H2,1-2H3,(H,17,22). The van der Waals surface area contributed by atoms with Gasteiger partial charge in [-0.3, -0.25) is 4.79 Å². The molecule has 0 aliphatic rings. The molecule has 0 radical (unpaired) electrons. The van der Waals surface area contributed by atoms with Crippen LogP contribution in [0.3, 0.4) is 0 Å². The Morgan fingerprint density at radius 2 is 2.00 bits per heavy atom. The molecule has 0 saturated carbocycles. The molecule has 112 valence electrons. The van der Waals surface area contributed by atoms with E-state index in [1.807, 2.05) is 49.3 Å². The molecule has 22 heavy (non-hydrogen) atoms. The molecule has 0 aliphatic heterocycles. The van der Waals surface area contributed by atoms with Gasteiger partial charge in [-0.2, -0.15) is 9.61 Å². The van der Waals surface area contributed by atoms with Crippen molar-refractivity contribution in [1.29, 1.82) is 0 Å². The second-order valence-corrected chi connectivity index (χ2v) is 5.16. The van der Waals surface area contributed by atoms with Crippen LogP contribution in [0.5, 0.6) is 0 Å². The van der Waals surface area contributed by atoms with Gasteiger partial charge in [0.25, 0.3) is 5.91 Å². The zero-order chi connectivity index (χ0) is 15.5. The number of anilines is 1. The molecule has 3 rings (SSSR count). The normalized spacial score (nSPS) is 10.6. The molecule has 6 nitrogen and oxygen atoms in total. The maximum absolute atomic E-state index is 12.3. The SMILES string of the molecule is CN(C)c1cc(C(=O)NCc2ccccc2)nc2ccnn12. The van der Waals surface area contributed by atoms with Gasteiger partial charge in [-0.25, -0.2) is 4.98 Å². The van der Waals surface area contributed by atoms with Crippen LogP contribution in [0.4, 0.5) is 5.82 Å². The highest BCUT2D eigenvalue weighted by Gasteiger charge is 2.13. The smallest absolute Gasteiger partial charge is 0.270 e. The Bertz CT molecular complexity index is 795. The van der Waals surface area contributed by atoms with Gasteiger partial charge in [0.1, 0.15) is 11.5 Å². The minimum Gasteiger partial charge on any atom is -0.363 e. The molecule has 1 amide bonds. The molecular formula is C16H17N5O. The van der Waals surface area contributed by atoms with E-state index in [-0.39, 0.29) is 5.91 Å². The zero-order valence-corrected chi connectivity index (χ0v) is 12.5. The maximum Gasteiger partial charge on any atom is 0.270 e. The summed E-state index contributed by atoms with van der Waals surface area (Å²) in [7, 11) is 3.81. The third-order valence-corrected chi connectivity index (χ3v) is 3.33. The van der Waals surface area contributed by atoms with E-state index >= 15 is 0 Å². The lowest BCUT2D eigenvalue weighted by atomic mass is 10.2. The third kappa shape index (κ3) is 2.76.